The first-order valence-corrected chi connectivity index (χ1v) is 9.62. The number of carbonyl (C=O) groups is 1. The van der Waals surface area contributed by atoms with E-state index in [1.54, 1.807) is 12.1 Å². The molecule has 2 saturated heterocycles. The standard InChI is InChI=1S/C21H30FNO2/c1-16(2)12-20(24)23-9-7-21(8-10-23)15-18(6-11-25-21)13-17-4-3-5-19(22)14-17/h3-5,14,16,18H,6-13,15H2,1-2H3. The molecule has 0 aliphatic carbocycles. The van der Waals surface area contributed by atoms with Gasteiger partial charge in [0, 0.05) is 26.1 Å². The number of nitrogens with zero attached hydrogens (tertiary/aromatic N) is 1. The number of rotatable bonds is 4. The van der Waals surface area contributed by atoms with Gasteiger partial charge < -0.3 is 9.64 Å². The van der Waals surface area contributed by atoms with Crippen LogP contribution in [-0.4, -0.2) is 36.1 Å². The lowest BCUT2D eigenvalue weighted by atomic mass is 9.77. The highest BCUT2D eigenvalue weighted by Gasteiger charge is 2.41. The highest BCUT2D eigenvalue weighted by Crippen LogP contribution is 2.39. The first-order chi connectivity index (χ1) is 12.0. The molecule has 2 heterocycles. The van der Waals surface area contributed by atoms with Crippen molar-refractivity contribution in [1.82, 2.24) is 4.90 Å². The smallest absolute Gasteiger partial charge is 0.222 e. The summed E-state index contributed by atoms with van der Waals surface area (Å²) < 4.78 is 19.6. The molecule has 1 amide bonds. The van der Waals surface area contributed by atoms with Crippen LogP contribution in [0.5, 0.6) is 0 Å². The van der Waals surface area contributed by atoms with E-state index in [2.05, 4.69) is 13.8 Å². The van der Waals surface area contributed by atoms with Crippen molar-refractivity contribution in [2.24, 2.45) is 11.8 Å². The van der Waals surface area contributed by atoms with E-state index in [1.165, 1.54) is 6.07 Å². The molecule has 2 aliphatic rings. The SMILES string of the molecule is CC(C)CC(=O)N1CCC2(CC1)CC(Cc1cccc(F)c1)CCO2. The number of halogens is 1. The van der Waals surface area contributed by atoms with Crippen molar-refractivity contribution in [2.75, 3.05) is 19.7 Å². The lowest BCUT2D eigenvalue weighted by Crippen LogP contribution is -2.51. The van der Waals surface area contributed by atoms with Gasteiger partial charge in [0.25, 0.3) is 0 Å². The Kier molecular flexibility index (Phi) is 5.78. The van der Waals surface area contributed by atoms with Crippen molar-refractivity contribution in [3.63, 3.8) is 0 Å². The quantitative estimate of drug-likeness (QED) is 0.817. The van der Waals surface area contributed by atoms with Crippen molar-refractivity contribution in [3.8, 4) is 0 Å². The van der Waals surface area contributed by atoms with Gasteiger partial charge in [-0.1, -0.05) is 26.0 Å². The number of ether oxygens (including phenoxy) is 1. The summed E-state index contributed by atoms with van der Waals surface area (Å²) in [6, 6.07) is 6.95. The van der Waals surface area contributed by atoms with E-state index in [4.69, 9.17) is 4.74 Å². The fourth-order valence-electron chi connectivity index (χ4n) is 4.29. The Morgan fingerprint density at radius 2 is 2.12 bits per heavy atom. The Morgan fingerprint density at radius 1 is 1.36 bits per heavy atom. The average molecular weight is 347 g/mol. The minimum atomic E-state index is -0.156. The van der Waals surface area contributed by atoms with Crippen molar-refractivity contribution in [3.05, 3.63) is 35.6 Å². The number of hydrogen-bond acceptors (Lipinski definition) is 2. The maximum absolute atomic E-state index is 13.4. The highest BCUT2D eigenvalue weighted by atomic mass is 19.1. The Bertz CT molecular complexity index is 593. The molecular formula is C21H30FNO2. The van der Waals surface area contributed by atoms with E-state index in [0.29, 0.717) is 18.3 Å². The topological polar surface area (TPSA) is 29.5 Å². The second-order valence-electron chi connectivity index (χ2n) is 8.20. The van der Waals surface area contributed by atoms with Crippen LogP contribution in [0.1, 0.15) is 51.5 Å². The number of benzene rings is 1. The third-order valence-corrected chi connectivity index (χ3v) is 5.62. The minimum absolute atomic E-state index is 0.0785. The van der Waals surface area contributed by atoms with Crippen LogP contribution in [0, 0.1) is 17.7 Å². The summed E-state index contributed by atoms with van der Waals surface area (Å²) in [5, 5.41) is 0. The number of carbonyl (C=O) groups excluding carboxylic acids is 1. The van der Waals surface area contributed by atoms with Gasteiger partial charge in [0.15, 0.2) is 0 Å². The molecule has 0 bridgehead atoms. The molecule has 1 unspecified atom stereocenters. The third-order valence-electron chi connectivity index (χ3n) is 5.62. The lowest BCUT2D eigenvalue weighted by Gasteiger charge is -2.46. The fourth-order valence-corrected chi connectivity index (χ4v) is 4.29. The molecule has 3 nitrogen and oxygen atoms in total. The Hall–Kier alpha value is -1.42. The van der Waals surface area contributed by atoms with Crippen LogP contribution in [0.2, 0.25) is 0 Å². The number of hydrogen-bond donors (Lipinski definition) is 0. The first-order valence-electron chi connectivity index (χ1n) is 9.62. The van der Waals surface area contributed by atoms with E-state index in [9.17, 15) is 9.18 Å². The summed E-state index contributed by atoms with van der Waals surface area (Å²) in [6.07, 6.45) is 5.46. The Balaban J connectivity index is 1.55. The predicted octanol–water partition coefficient (Wildman–Crippen LogP) is 4.20. The van der Waals surface area contributed by atoms with Gasteiger partial charge in [-0.15, -0.1) is 0 Å². The molecule has 0 saturated carbocycles. The summed E-state index contributed by atoms with van der Waals surface area (Å²) in [5.41, 5.74) is 0.997. The van der Waals surface area contributed by atoms with Crippen LogP contribution in [0.3, 0.4) is 0 Å². The third kappa shape index (κ3) is 4.81. The highest BCUT2D eigenvalue weighted by molar-refractivity contribution is 5.76. The van der Waals surface area contributed by atoms with E-state index in [0.717, 1.165) is 57.4 Å². The molecule has 1 atom stereocenters. The summed E-state index contributed by atoms with van der Waals surface area (Å²) in [7, 11) is 0. The number of amides is 1. The molecule has 2 fully saturated rings. The van der Waals surface area contributed by atoms with Crippen LogP contribution in [0.15, 0.2) is 24.3 Å². The van der Waals surface area contributed by atoms with Gasteiger partial charge in [0.1, 0.15) is 5.82 Å². The maximum atomic E-state index is 13.4. The van der Waals surface area contributed by atoms with Gasteiger partial charge in [-0.3, -0.25) is 4.79 Å². The van der Waals surface area contributed by atoms with Gasteiger partial charge >= 0.3 is 0 Å². The first kappa shape index (κ1) is 18.4. The molecule has 0 radical (unpaired) electrons. The normalized spacial score (nSPS) is 23.2. The molecule has 4 heteroatoms. The molecule has 0 aromatic heterocycles. The molecule has 138 valence electrons. The largest absolute Gasteiger partial charge is 0.375 e. The summed E-state index contributed by atoms with van der Waals surface area (Å²) in [4.78, 5) is 14.3. The van der Waals surface area contributed by atoms with Gasteiger partial charge in [-0.2, -0.15) is 0 Å². The molecule has 1 aromatic rings. The molecule has 3 rings (SSSR count). The minimum Gasteiger partial charge on any atom is -0.375 e. The van der Waals surface area contributed by atoms with Crippen LogP contribution < -0.4 is 0 Å². The molecule has 25 heavy (non-hydrogen) atoms. The zero-order valence-electron chi connectivity index (χ0n) is 15.5. The second kappa shape index (κ2) is 7.86. The van der Waals surface area contributed by atoms with Crippen LogP contribution in [0.25, 0.3) is 0 Å². The van der Waals surface area contributed by atoms with E-state index in [1.807, 2.05) is 11.0 Å². The van der Waals surface area contributed by atoms with Crippen LogP contribution in [0.4, 0.5) is 4.39 Å². The molecule has 1 aromatic carbocycles. The van der Waals surface area contributed by atoms with Crippen molar-refractivity contribution < 1.29 is 13.9 Å². The van der Waals surface area contributed by atoms with Crippen LogP contribution >= 0.6 is 0 Å². The monoisotopic (exact) mass is 347 g/mol. The van der Waals surface area contributed by atoms with E-state index in [-0.39, 0.29) is 17.3 Å². The number of piperidine rings is 1. The van der Waals surface area contributed by atoms with Gasteiger partial charge in [-0.05, 0) is 61.6 Å². The molecule has 0 N–H and O–H groups in total. The molecular weight excluding hydrogens is 317 g/mol. The fraction of sp³-hybridized carbons (Fsp3) is 0.667. The Labute approximate surface area is 150 Å². The molecule has 1 spiro atoms. The zero-order chi connectivity index (χ0) is 17.9. The summed E-state index contributed by atoms with van der Waals surface area (Å²) >= 11 is 0. The van der Waals surface area contributed by atoms with Gasteiger partial charge in [0.2, 0.25) is 5.91 Å². The van der Waals surface area contributed by atoms with Gasteiger partial charge in [0.05, 0.1) is 5.60 Å². The average Bonchev–Trinajstić information content (AvgIpc) is 2.55. The maximum Gasteiger partial charge on any atom is 0.222 e. The number of likely N-dealkylation sites (tertiary alicyclic amines) is 1. The van der Waals surface area contributed by atoms with Gasteiger partial charge in [-0.25, -0.2) is 4.39 Å². The van der Waals surface area contributed by atoms with Crippen molar-refractivity contribution in [2.45, 2.75) is 58.0 Å². The summed E-state index contributed by atoms with van der Waals surface area (Å²) in [6.45, 7) is 6.56. The van der Waals surface area contributed by atoms with Crippen LogP contribution in [-0.2, 0) is 16.0 Å². The van der Waals surface area contributed by atoms with E-state index >= 15 is 0 Å². The van der Waals surface area contributed by atoms with Crippen molar-refractivity contribution in [1.29, 1.82) is 0 Å². The predicted molar refractivity (Wildman–Crippen MR) is 96.8 cm³/mol. The zero-order valence-corrected chi connectivity index (χ0v) is 15.5. The van der Waals surface area contributed by atoms with E-state index < -0.39 is 0 Å². The Morgan fingerprint density at radius 3 is 2.80 bits per heavy atom. The lowest BCUT2D eigenvalue weighted by molar-refractivity contribution is -0.147. The van der Waals surface area contributed by atoms with Crippen molar-refractivity contribution >= 4 is 5.91 Å². The molecule has 2 aliphatic heterocycles. The second-order valence-corrected chi connectivity index (χ2v) is 8.20. The summed E-state index contributed by atoms with van der Waals surface area (Å²) in [5.74, 6) is 1.06.